The van der Waals surface area contributed by atoms with Gasteiger partial charge in [0.05, 0.1) is 4.92 Å². The Bertz CT molecular complexity index is 570. The van der Waals surface area contributed by atoms with E-state index in [1.165, 1.54) is 29.5 Å². The van der Waals surface area contributed by atoms with E-state index < -0.39 is 4.92 Å². The van der Waals surface area contributed by atoms with Crippen LogP contribution < -0.4 is 5.73 Å². The van der Waals surface area contributed by atoms with Crippen molar-refractivity contribution < 1.29 is 4.92 Å². The van der Waals surface area contributed by atoms with Crippen LogP contribution >= 0.6 is 24.0 Å². The molecule has 0 atom stereocenters. The molecule has 1 heterocycles. The Kier molecular flexibility index (Phi) is 3.25. The Morgan fingerprint density at radius 3 is 2.82 bits per heavy atom. The number of nitrogens with zero attached hydrogens (tertiary/aromatic N) is 3. The van der Waals surface area contributed by atoms with Gasteiger partial charge in [0.15, 0.2) is 4.34 Å². The molecule has 0 fully saturated rings. The molecule has 2 rings (SSSR count). The standard InChI is InChI=1S/C9H8N4O2S2/c10-7-2-1-6(13(14)15)3-5(7)4-8-11-12-9(16)17-8/h1-3H,4,10H2,(H,12,16). The Morgan fingerprint density at radius 2 is 2.24 bits per heavy atom. The monoisotopic (exact) mass is 268 g/mol. The number of rotatable bonds is 3. The second-order valence-corrected chi connectivity index (χ2v) is 5.08. The summed E-state index contributed by atoms with van der Waals surface area (Å²) >= 11 is 5.38. The summed E-state index contributed by atoms with van der Waals surface area (Å²) in [6.07, 6.45) is 0.422. The lowest BCUT2D eigenvalue weighted by Gasteiger charge is -2.02. The molecular weight excluding hydrogens is 260 g/mol. The fraction of sp³-hybridized carbons (Fsp3) is 0.111. The van der Waals surface area contributed by atoms with Gasteiger partial charge in [-0.15, -0.1) is 22.8 Å². The maximum atomic E-state index is 10.6. The Balaban J connectivity index is 2.31. The van der Waals surface area contributed by atoms with Crippen LogP contribution in [0.3, 0.4) is 0 Å². The van der Waals surface area contributed by atoms with Crippen LogP contribution in [0.2, 0.25) is 0 Å². The van der Waals surface area contributed by atoms with Crippen molar-refractivity contribution in [3.63, 3.8) is 0 Å². The van der Waals surface area contributed by atoms with Crippen LogP contribution in [0.1, 0.15) is 10.6 Å². The zero-order valence-electron chi connectivity index (χ0n) is 8.53. The van der Waals surface area contributed by atoms with Crippen LogP contribution in [-0.2, 0) is 6.42 Å². The first-order chi connectivity index (χ1) is 8.06. The average Bonchev–Trinajstić information content (AvgIpc) is 2.67. The molecule has 1 aromatic carbocycles. The Morgan fingerprint density at radius 1 is 1.47 bits per heavy atom. The van der Waals surface area contributed by atoms with Crippen molar-refractivity contribution in [2.24, 2.45) is 0 Å². The largest absolute Gasteiger partial charge is 0.398 e. The summed E-state index contributed by atoms with van der Waals surface area (Å²) in [7, 11) is 0. The van der Waals surface area contributed by atoms with Crippen molar-refractivity contribution in [2.75, 3.05) is 5.73 Å². The van der Waals surface area contributed by atoms with Gasteiger partial charge in [0.25, 0.3) is 5.69 Å². The Labute approximate surface area is 106 Å². The molecule has 17 heavy (non-hydrogen) atoms. The van der Waals surface area contributed by atoms with Crippen molar-refractivity contribution in [3.8, 4) is 0 Å². The highest BCUT2D eigenvalue weighted by molar-refractivity contribution is 7.82. The lowest BCUT2D eigenvalue weighted by atomic mass is 10.1. The molecule has 2 aromatic rings. The maximum Gasteiger partial charge on any atom is 0.269 e. The van der Waals surface area contributed by atoms with E-state index in [4.69, 9.17) is 5.73 Å². The molecule has 0 spiro atoms. The molecular formula is C9H8N4O2S2. The van der Waals surface area contributed by atoms with E-state index in [1.54, 1.807) is 0 Å². The van der Waals surface area contributed by atoms with Crippen LogP contribution in [0.15, 0.2) is 22.5 Å². The van der Waals surface area contributed by atoms with Gasteiger partial charge in [-0.2, -0.15) is 0 Å². The SMILES string of the molecule is Nc1ccc([N+](=O)[O-])cc1Cc1nnc(S)s1. The molecule has 0 radical (unpaired) electrons. The van der Waals surface area contributed by atoms with Crippen molar-refractivity contribution in [2.45, 2.75) is 10.8 Å². The van der Waals surface area contributed by atoms with Crippen molar-refractivity contribution in [3.05, 3.63) is 38.9 Å². The third-order valence-corrected chi connectivity index (χ3v) is 3.22. The minimum atomic E-state index is -0.451. The minimum absolute atomic E-state index is 0.0183. The number of non-ortho nitro benzene ring substituents is 1. The summed E-state index contributed by atoms with van der Waals surface area (Å²) in [6, 6.07) is 4.36. The number of nitrogens with two attached hydrogens (primary N) is 1. The van der Waals surface area contributed by atoms with E-state index in [0.29, 0.717) is 22.0 Å². The van der Waals surface area contributed by atoms with Gasteiger partial charge in [-0.1, -0.05) is 11.3 Å². The second kappa shape index (κ2) is 4.68. The number of nitro benzene ring substituents is 1. The van der Waals surface area contributed by atoms with E-state index in [0.717, 1.165) is 5.01 Å². The summed E-state index contributed by atoms with van der Waals surface area (Å²) < 4.78 is 0.559. The van der Waals surface area contributed by atoms with Crippen LogP contribution in [0.4, 0.5) is 11.4 Å². The molecule has 0 aliphatic heterocycles. The molecule has 8 heteroatoms. The second-order valence-electron chi connectivity index (χ2n) is 3.30. The lowest BCUT2D eigenvalue weighted by molar-refractivity contribution is -0.384. The molecule has 1 aromatic heterocycles. The number of thiol groups is 1. The number of anilines is 1. The summed E-state index contributed by atoms with van der Waals surface area (Å²) in [6.45, 7) is 0. The van der Waals surface area contributed by atoms with Crippen LogP contribution in [0, 0.1) is 10.1 Å². The van der Waals surface area contributed by atoms with E-state index >= 15 is 0 Å². The van der Waals surface area contributed by atoms with Gasteiger partial charge in [-0.3, -0.25) is 10.1 Å². The number of nitro groups is 1. The van der Waals surface area contributed by atoms with E-state index in [1.807, 2.05) is 0 Å². The molecule has 6 nitrogen and oxygen atoms in total. The summed E-state index contributed by atoms with van der Waals surface area (Å²) in [5.41, 5.74) is 6.95. The number of nitrogen functional groups attached to an aromatic ring is 1. The third kappa shape index (κ3) is 2.71. The molecule has 0 saturated heterocycles. The first kappa shape index (κ1) is 11.8. The highest BCUT2D eigenvalue weighted by Crippen LogP contribution is 2.24. The number of hydrogen-bond donors (Lipinski definition) is 2. The molecule has 0 aliphatic carbocycles. The highest BCUT2D eigenvalue weighted by atomic mass is 32.2. The van der Waals surface area contributed by atoms with E-state index in [2.05, 4.69) is 22.8 Å². The van der Waals surface area contributed by atoms with Crippen LogP contribution in [0.5, 0.6) is 0 Å². The lowest BCUT2D eigenvalue weighted by Crippen LogP contribution is -1.98. The normalized spacial score (nSPS) is 10.4. The molecule has 0 saturated carbocycles. The summed E-state index contributed by atoms with van der Waals surface area (Å²) in [5, 5.41) is 19.0. The topological polar surface area (TPSA) is 94.9 Å². The van der Waals surface area contributed by atoms with Gasteiger partial charge < -0.3 is 5.73 Å². The first-order valence-electron chi connectivity index (χ1n) is 4.60. The molecule has 0 unspecified atom stereocenters. The molecule has 88 valence electrons. The van der Waals surface area contributed by atoms with Gasteiger partial charge in [0.1, 0.15) is 5.01 Å². The average molecular weight is 268 g/mol. The number of aromatic nitrogens is 2. The fourth-order valence-corrected chi connectivity index (χ4v) is 2.30. The van der Waals surface area contributed by atoms with Gasteiger partial charge in [0.2, 0.25) is 0 Å². The molecule has 0 aliphatic rings. The zero-order chi connectivity index (χ0) is 12.4. The van der Waals surface area contributed by atoms with Gasteiger partial charge >= 0.3 is 0 Å². The summed E-state index contributed by atoms with van der Waals surface area (Å²) in [5.74, 6) is 0. The maximum absolute atomic E-state index is 10.6. The molecule has 0 amide bonds. The first-order valence-corrected chi connectivity index (χ1v) is 5.87. The smallest absolute Gasteiger partial charge is 0.269 e. The van der Waals surface area contributed by atoms with E-state index in [-0.39, 0.29) is 5.69 Å². The van der Waals surface area contributed by atoms with E-state index in [9.17, 15) is 10.1 Å². The Hall–Kier alpha value is -1.67. The highest BCUT2D eigenvalue weighted by Gasteiger charge is 2.11. The summed E-state index contributed by atoms with van der Waals surface area (Å²) in [4.78, 5) is 10.2. The van der Waals surface area contributed by atoms with Crippen molar-refractivity contribution in [1.82, 2.24) is 10.2 Å². The molecule has 0 bridgehead atoms. The third-order valence-electron chi connectivity index (χ3n) is 2.14. The fourth-order valence-electron chi connectivity index (χ4n) is 1.34. The zero-order valence-corrected chi connectivity index (χ0v) is 10.2. The number of hydrogen-bond acceptors (Lipinski definition) is 7. The van der Waals surface area contributed by atoms with Gasteiger partial charge in [0, 0.05) is 24.2 Å². The van der Waals surface area contributed by atoms with Crippen molar-refractivity contribution >= 4 is 35.3 Å². The molecule has 2 N–H and O–H groups in total. The predicted octanol–water partition coefficient (Wildman–Crippen LogP) is 1.91. The van der Waals surface area contributed by atoms with Crippen LogP contribution in [0.25, 0.3) is 0 Å². The van der Waals surface area contributed by atoms with Gasteiger partial charge in [-0.05, 0) is 11.6 Å². The number of benzene rings is 1. The predicted molar refractivity (Wildman–Crippen MR) is 67.5 cm³/mol. The quantitative estimate of drug-likeness (QED) is 0.384. The minimum Gasteiger partial charge on any atom is -0.398 e. The van der Waals surface area contributed by atoms with Gasteiger partial charge in [-0.25, -0.2) is 0 Å². The van der Waals surface area contributed by atoms with Crippen LogP contribution in [-0.4, -0.2) is 15.1 Å². The van der Waals surface area contributed by atoms with Crippen molar-refractivity contribution in [1.29, 1.82) is 0 Å².